The molecule has 6 nitrogen and oxygen atoms in total. The fraction of sp³-hybridized carbons (Fsp3) is 0.333. The molecule has 0 spiro atoms. The van der Waals surface area contributed by atoms with E-state index in [1.165, 1.54) is 0 Å². The van der Waals surface area contributed by atoms with Crippen LogP contribution < -0.4 is 16.0 Å². The third kappa shape index (κ3) is 7.50. The Morgan fingerprint density at radius 3 is 2.00 bits per heavy atom. The maximum atomic E-state index is 12.0. The van der Waals surface area contributed by atoms with Crippen LogP contribution in [0.5, 0.6) is 0 Å². The monoisotopic (exact) mass is 369 g/mol. The second-order valence-electron chi connectivity index (χ2n) is 6.78. The first-order valence-corrected chi connectivity index (χ1v) is 8.98. The van der Waals surface area contributed by atoms with E-state index in [-0.39, 0.29) is 11.9 Å². The molecule has 3 N–H and O–H groups in total. The standard InChI is InChI=1S/C21H27N3O3/c1-15(2)12-20(25)23-18-8-10-19(11-9-18)24-21(26)22-13-16-4-6-17(7-5-16)14-27-3/h4-11,15H,12-14H2,1-3H3,(H,23,25)(H2,22,24,26). The molecular weight excluding hydrogens is 342 g/mol. The molecule has 144 valence electrons. The summed E-state index contributed by atoms with van der Waals surface area (Å²) in [5, 5.41) is 8.43. The molecule has 6 heteroatoms. The van der Waals surface area contributed by atoms with Gasteiger partial charge < -0.3 is 20.7 Å². The molecule has 0 radical (unpaired) electrons. The summed E-state index contributed by atoms with van der Waals surface area (Å²) in [6, 6.07) is 14.6. The van der Waals surface area contributed by atoms with Crippen LogP contribution in [0.3, 0.4) is 0 Å². The summed E-state index contributed by atoms with van der Waals surface area (Å²) in [5.74, 6) is 0.297. The Bertz CT molecular complexity index is 740. The molecular formula is C21H27N3O3. The van der Waals surface area contributed by atoms with Crippen molar-refractivity contribution in [1.82, 2.24) is 5.32 Å². The maximum absolute atomic E-state index is 12.0. The van der Waals surface area contributed by atoms with Crippen LogP contribution >= 0.6 is 0 Å². The lowest BCUT2D eigenvalue weighted by molar-refractivity contribution is -0.116. The van der Waals surface area contributed by atoms with Crippen LogP contribution in [0, 0.1) is 5.92 Å². The number of hydrogen-bond donors (Lipinski definition) is 3. The van der Waals surface area contributed by atoms with E-state index < -0.39 is 0 Å². The lowest BCUT2D eigenvalue weighted by Gasteiger charge is -2.10. The van der Waals surface area contributed by atoms with Gasteiger partial charge in [-0.05, 0) is 41.3 Å². The zero-order chi connectivity index (χ0) is 19.6. The second kappa shape index (κ2) is 10.3. The summed E-state index contributed by atoms with van der Waals surface area (Å²) in [5.41, 5.74) is 3.46. The molecule has 0 saturated heterocycles. The van der Waals surface area contributed by atoms with Gasteiger partial charge in [0.05, 0.1) is 6.61 Å². The van der Waals surface area contributed by atoms with E-state index in [2.05, 4.69) is 16.0 Å². The molecule has 2 aromatic carbocycles. The molecule has 0 aliphatic rings. The summed E-state index contributed by atoms with van der Waals surface area (Å²) in [6.07, 6.45) is 0.481. The predicted octanol–water partition coefficient (Wildman–Crippen LogP) is 4.14. The van der Waals surface area contributed by atoms with Gasteiger partial charge in [0.1, 0.15) is 0 Å². The number of rotatable bonds is 8. The van der Waals surface area contributed by atoms with Crippen LogP contribution in [-0.2, 0) is 22.7 Å². The first kappa shape index (κ1) is 20.5. The summed E-state index contributed by atoms with van der Waals surface area (Å²) in [4.78, 5) is 23.8. The van der Waals surface area contributed by atoms with E-state index >= 15 is 0 Å². The minimum absolute atomic E-state index is 0.0139. The Balaban J connectivity index is 1.79. The average Bonchev–Trinajstić information content (AvgIpc) is 2.62. The van der Waals surface area contributed by atoms with Crippen molar-refractivity contribution in [3.05, 3.63) is 59.7 Å². The van der Waals surface area contributed by atoms with Gasteiger partial charge in [0.25, 0.3) is 0 Å². The number of ether oxygens (including phenoxy) is 1. The molecule has 2 aromatic rings. The topological polar surface area (TPSA) is 79.5 Å². The Labute approximate surface area is 160 Å². The van der Waals surface area contributed by atoms with Crippen molar-refractivity contribution in [3.8, 4) is 0 Å². The maximum Gasteiger partial charge on any atom is 0.319 e. The van der Waals surface area contributed by atoms with E-state index in [1.807, 2.05) is 38.1 Å². The first-order chi connectivity index (χ1) is 13.0. The van der Waals surface area contributed by atoms with E-state index in [1.54, 1.807) is 31.4 Å². The molecule has 2 rings (SSSR count). The highest BCUT2D eigenvalue weighted by Gasteiger charge is 2.06. The number of anilines is 2. The number of nitrogens with one attached hydrogen (secondary N) is 3. The van der Waals surface area contributed by atoms with Gasteiger partial charge in [0, 0.05) is 31.5 Å². The van der Waals surface area contributed by atoms with Crippen LogP contribution in [-0.4, -0.2) is 19.0 Å². The molecule has 0 aliphatic carbocycles. The number of urea groups is 1. The van der Waals surface area contributed by atoms with Crippen molar-refractivity contribution in [2.75, 3.05) is 17.7 Å². The zero-order valence-electron chi connectivity index (χ0n) is 16.0. The molecule has 0 atom stereocenters. The van der Waals surface area contributed by atoms with E-state index in [4.69, 9.17) is 4.74 Å². The number of hydrogen-bond acceptors (Lipinski definition) is 3. The number of methoxy groups -OCH3 is 1. The summed E-state index contributed by atoms with van der Waals surface area (Å²) < 4.78 is 5.08. The Kier molecular flexibility index (Phi) is 7.82. The third-order valence-electron chi connectivity index (χ3n) is 3.81. The van der Waals surface area contributed by atoms with Crippen LogP contribution in [0.15, 0.2) is 48.5 Å². The van der Waals surface area contributed by atoms with Gasteiger partial charge in [-0.2, -0.15) is 0 Å². The van der Waals surface area contributed by atoms with E-state index in [0.717, 1.165) is 11.1 Å². The molecule has 0 aromatic heterocycles. The zero-order valence-corrected chi connectivity index (χ0v) is 16.0. The Morgan fingerprint density at radius 1 is 0.889 bits per heavy atom. The molecule has 0 fully saturated rings. The van der Waals surface area contributed by atoms with Crippen LogP contribution in [0.25, 0.3) is 0 Å². The SMILES string of the molecule is COCc1ccc(CNC(=O)Nc2ccc(NC(=O)CC(C)C)cc2)cc1. The summed E-state index contributed by atoms with van der Waals surface area (Å²) in [7, 11) is 1.66. The van der Waals surface area contributed by atoms with Gasteiger partial charge in [-0.1, -0.05) is 38.1 Å². The molecule has 0 bridgehead atoms. The number of carbonyl (C=O) groups is 2. The first-order valence-electron chi connectivity index (χ1n) is 8.98. The fourth-order valence-electron chi connectivity index (χ4n) is 2.50. The smallest absolute Gasteiger partial charge is 0.319 e. The van der Waals surface area contributed by atoms with Crippen molar-refractivity contribution in [2.24, 2.45) is 5.92 Å². The normalized spacial score (nSPS) is 10.5. The van der Waals surface area contributed by atoms with Crippen LogP contribution in [0.4, 0.5) is 16.2 Å². The highest BCUT2D eigenvalue weighted by molar-refractivity contribution is 5.92. The van der Waals surface area contributed by atoms with Crippen LogP contribution in [0.1, 0.15) is 31.4 Å². The van der Waals surface area contributed by atoms with Gasteiger partial charge >= 0.3 is 6.03 Å². The molecule has 3 amide bonds. The van der Waals surface area contributed by atoms with Crippen molar-refractivity contribution >= 4 is 23.3 Å². The quantitative estimate of drug-likeness (QED) is 0.654. The lowest BCUT2D eigenvalue weighted by Crippen LogP contribution is -2.28. The minimum atomic E-state index is -0.285. The summed E-state index contributed by atoms with van der Waals surface area (Å²) >= 11 is 0. The van der Waals surface area contributed by atoms with Gasteiger partial charge in [0.2, 0.25) is 5.91 Å². The van der Waals surface area contributed by atoms with Gasteiger partial charge in [-0.25, -0.2) is 4.79 Å². The third-order valence-corrected chi connectivity index (χ3v) is 3.81. The highest BCUT2D eigenvalue weighted by Crippen LogP contribution is 2.14. The molecule has 0 aliphatic heterocycles. The van der Waals surface area contributed by atoms with Crippen molar-refractivity contribution in [1.29, 1.82) is 0 Å². The van der Waals surface area contributed by atoms with Crippen molar-refractivity contribution in [3.63, 3.8) is 0 Å². The minimum Gasteiger partial charge on any atom is -0.380 e. The van der Waals surface area contributed by atoms with Crippen molar-refractivity contribution < 1.29 is 14.3 Å². The van der Waals surface area contributed by atoms with E-state index in [0.29, 0.717) is 36.9 Å². The van der Waals surface area contributed by atoms with Crippen LogP contribution in [0.2, 0.25) is 0 Å². The number of amides is 3. The van der Waals surface area contributed by atoms with Gasteiger partial charge in [-0.3, -0.25) is 4.79 Å². The average molecular weight is 369 g/mol. The van der Waals surface area contributed by atoms with E-state index in [9.17, 15) is 9.59 Å². The number of benzene rings is 2. The predicted molar refractivity (Wildman–Crippen MR) is 108 cm³/mol. The largest absolute Gasteiger partial charge is 0.380 e. The highest BCUT2D eigenvalue weighted by atomic mass is 16.5. The Hall–Kier alpha value is -2.86. The van der Waals surface area contributed by atoms with Gasteiger partial charge in [-0.15, -0.1) is 0 Å². The molecule has 27 heavy (non-hydrogen) atoms. The molecule has 0 heterocycles. The lowest BCUT2D eigenvalue weighted by atomic mass is 10.1. The molecule has 0 unspecified atom stereocenters. The van der Waals surface area contributed by atoms with Gasteiger partial charge in [0.15, 0.2) is 0 Å². The second-order valence-corrected chi connectivity index (χ2v) is 6.78. The number of carbonyl (C=O) groups excluding carboxylic acids is 2. The molecule has 0 saturated carbocycles. The Morgan fingerprint density at radius 2 is 1.44 bits per heavy atom. The van der Waals surface area contributed by atoms with Crippen molar-refractivity contribution in [2.45, 2.75) is 33.4 Å². The summed E-state index contributed by atoms with van der Waals surface area (Å²) in [6.45, 7) is 5.00. The fourth-order valence-corrected chi connectivity index (χ4v) is 2.50.